The minimum absolute atomic E-state index is 0.0788. The Hall–Kier alpha value is -0.120. The van der Waals surface area contributed by atoms with E-state index in [1.54, 1.807) is 0 Å². The Morgan fingerprint density at radius 1 is 1.11 bits per heavy atom. The van der Waals surface area contributed by atoms with Crippen molar-refractivity contribution < 1.29 is 9.47 Å². The van der Waals surface area contributed by atoms with Crippen LogP contribution in [0.5, 0.6) is 0 Å². The molecule has 0 amide bonds. The quantitative estimate of drug-likeness (QED) is 0.644. The van der Waals surface area contributed by atoms with Gasteiger partial charge in [0.25, 0.3) is 0 Å². The third kappa shape index (κ3) is 6.17. The zero-order chi connectivity index (χ0) is 13.3. The molecule has 3 heteroatoms. The average molecular weight is 257 g/mol. The first kappa shape index (κ1) is 15.9. The van der Waals surface area contributed by atoms with Gasteiger partial charge in [0.2, 0.25) is 0 Å². The molecule has 0 aromatic heterocycles. The molecule has 0 aliphatic heterocycles. The fourth-order valence-electron chi connectivity index (χ4n) is 2.56. The molecule has 0 atom stereocenters. The van der Waals surface area contributed by atoms with E-state index < -0.39 is 0 Å². The molecular formula is C15H31NO2. The molecule has 0 saturated heterocycles. The highest BCUT2D eigenvalue weighted by Gasteiger charge is 2.32. The summed E-state index contributed by atoms with van der Waals surface area (Å²) in [6.45, 7) is 10.8. The molecule has 0 aromatic rings. The Morgan fingerprint density at radius 3 is 2.44 bits per heavy atom. The Balaban J connectivity index is 2.23. The zero-order valence-corrected chi connectivity index (χ0v) is 12.5. The summed E-state index contributed by atoms with van der Waals surface area (Å²) in [7, 11) is 0. The molecule has 0 heterocycles. The van der Waals surface area contributed by atoms with Crippen molar-refractivity contribution in [2.75, 3.05) is 32.9 Å². The molecule has 108 valence electrons. The maximum atomic E-state index is 6.17. The van der Waals surface area contributed by atoms with Crippen molar-refractivity contribution in [1.29, 1.82) is 0 Å². The van der Waals surface area contributed by atoms with Crippen LogP contribution in [0.2, 0.25) is 0 Å². The SMILES string of the molecule is CCNCC1(OCCOCC(C)C)CCCCC1. The lowest BCUT2D eigenvalue weighted by molar-refractivity contribution is -0.0873. The normalized spacial score (nSPS) is 19.3. The summed E-state index contributed by atoms with van der Waals surface area (Å²) in [5.41, 5.74) is 0.0788. The van der Waals surface area contributed by atoms with Crippen LogP contribution < -0.4 is 5.32 Å². The molecule has 1 saturated carbocycles. The fraction of sp³-hybridized carbons (Fsp3) is 1.00. The standard InChI is InChI=1S/C15H31NO2/c1-4-16-13-15(8-6-5-7-9-15)18-11-10-17-12-14(2)3/h14,16H,4-13H2,1-3H3. The summed E-state index contributed by atoms with van der Waals surface area (Å²) >= 11 is 0. The first-order valence-corrected chi connectivity index (χ1v) is 7.61. The van der Waals surface area contributed by atoms with Gasteiger partial charge >= 0.3 is 0 Å². The molecular weight excluding hydrogens is 226 g/mol. The Kier molecular flexibility index (Phi) is 7.87. The highest BCUT2D eigenvalue weighted by atomic mass is 16.5. The molecule has 18 heavy (non-hydrogen) atoms. The molecule has 0 aromatic carbocycles. The van der Waals surface area contributed by atoms with Crippen LogP contribution in [0.3, 0.4) is 0 Å². The Bertz CT molecular complexity index is 201. The van der Waals surface area contributed by atoms with Gasteiger partial charge in [-0.1, -0.05) is 40.0 Å². The van der Waals surface area contributed by atoms with Gasteiger partial charge < -0.3 is 14.8 Å². The lowest BCUT2D eigenvalue weighted by Gasteiger charge is -2.37. The van der Waals surface area contributed by atoms with Crippen LogP contribution in [-0.4, -0.2) is 38.5 Å². The maximum Gasteiger partial charge on any atom is 0.0807 e. The highest BCUT2D eigenvalue weighted by molar-refractivity contribution is 4.86. The monoisotopic (exact) mass is 257 g/mol. The molecule has 1 aliphatic rings. The third-order valence-corrected chi connectivity index (χ3v) is 3.55. The number of nitrogens with one attached hydrogen (secondary N) is 1. The Morgan fingerprint density at radius 2 is 1.83 bits per heavy atom. The summed E-state index contributed by atoms with van der Waals surface area (Å²) in [5, 5.41) is 3.45. The number of hydrogen-bond donors (Lipinski definition) is 1. The van der Waals surface area contributed by atoms with Crippen LogP contribution in [0.4, 0.5) is 0 Å². The minimum Gasteiger partial charge on any atom is -0.379 e. The van der Waals surface area contributed by atoms with Crippen molar-refractivity contribution in [3.63, 3.8) is 0 Å². The van der Waals surface area contributed by atoms with E-state index in [0.29, 0.717) is 5.92 Å². The second kappa shape index (κ2) is 8.89. The van der Waals surface area contributed by atoms with Gasteiger partial charge in [0, 0.05) is 13.2 Å². The molecule has 0 radical (unpaired) electrons. The first-order chi connectivity index (χ1) is 8.68. The smallest absolute Gasteiger partial charge is 0.0807 e. The van der Waals surface area contributed by atoms with Crippen molar-refractivity contribution in [3.8, 4) is 0 Å². The zero-order valence-electron chi connectivity index (χ0n) is 12.5. The van der Waals surface area contributed by atoms with Crippen LogP contribution in [0, 0.1) is 5.92 Å². The van der Waals surface area contributed by atoms with Crippen molar-refractivity contribution >= 4 is 0 Å². The van der Waals surface area contributed by atoms with E-state index in [2.05, 4.69) is 26.1 Å². The van der Waals surface area contributed by atoms with Crippen LogP contribution in [0.25, 0.3) is 0 Å². The van der Waals surface area contributed by atoms with Gasteiger partial charge in [-0.15, -0.1) is 0 Å². The third-order valence-electron chi connectivity index (χ3n) is 3.55. The van der Waals surface area contributed by atoms with Crippen molar-refractivity contribution in [3.05, 3.63) is 0 Å². The summed E-state index contributed by atoms with van der Waals surface area (Å²) in [6, 6.07) is 0. The van der Waals surface area contributed by atoms with Crippen LogP contribution in [0.15, 0.2) is 0 Å². The number of rotatable bonds is 9. The predicted molar refractivity (Wildman–Crippen MR) is 76.0 cm³/mol. The lowest BCUT2D eigenvalue weighted by atomic mass is 9.84. The average Bonchev–Trinajstić information content (AvgIpc) is 2.37. The van der Waals surface area contributed by atoms with Crippen molar-refractivity contribution in [2.45, 2.75) is 58.5 Å². The van der Waals surface area contributed by atoms with E-state index >= 15 is 0 Å². The summed E-state index contributed by atoms with van der Waals surface area (Å²) in [5.74, 6) is 0.607. The largest absolute Gasteiger partial charge is 0.379 e. The van der Waals surface area contributed by atoms with Crippen LogP contribution in [-0.2, 0) is 9.47 Å². The second-order valence-corrected chi connectivity index (χ2v) is 5.84. The van der Waals surface area contributed by atoms with E-state index in [9.17, 15) is 0 Å². The van der Waals surface area contributed by atoms with E-state index in [0.717, 1.165) is 32.9 Å². The molecule has 1 N–H and O–H groups in total. The van der Waals surface area contributed by atoms with Crippen LogP contribution >= 0.6 is 0 Å². The molecule has 1 fully saturated rings. The molecule has 1 aliphatic carbocycles. The van der Waals surface area contributed by atoms with Crippen molar-refractivity contribution in [1.82, 2.24) is 5.32 Å². The summed E-state index contributed by atoms with van der Waals surface area (Å²) < 4.78 is 11.8. The van der Waals surface area contributed by atoms with E-state index in [4.69, 9.17) is 9.47 Å². The van der Waals surface area contributed by atoms with Crippen molar-refractivity contribution in [2.24, 2.45) is 5.92 Å². The molecule has 0 unspecified atom stereocenters. The molecule has 0 bridgehead atoms. The topological polar surface area (TPSA) is 30.5 Å². The van der Waals surface area contributed by atoms with Gasteiger partial charge in [0.05, 0.1) is 18.8 Å². The maximum absolute atomic E-state index is 6.17. The highest BCUT2D eigenvalue weighted by Crippen LogP contribution is 2.31. The fourth-order valence-corrected chi connectivity index (χ4v) is 2.56. The van der Waals surface area contributed by atoms with Crippen LogP contribution in [0.1, 0.15) is 52.9 Å². The minimum atomic E-state index is 0.0788. The number of likely N-dealkylation sites (N-methyl/N-ethyl adjacent to an activating group) is 1. The Labute approximate surface area is 113 Å². The molecule has 0 spiro atoms. The number of hydrogen-bond acceptors (Lipinski definition) is 3. The van der Waals surface area contributed by atoms with Gasteiger partial charge in [-0.2, -0.15) is 0 Å². The number of ether oxygens (including phenoxy) is 2. The van der Waals surface area contributed by atoms with E-state index in [-0.39, 0.29) is 5.60 Å². The van der Waals surface area contributed by atoms with E-state index in [1.165, 1.54) is 32.1 Å². The predicted octanol–water partition coefficient (Wildman–Crippen LogP) is 2.99. The van der Waals surface area contributed by atoms with Gasteiger partial charge in [-0.3, -0.25) is 0 Å². The second-order valence-electron chi connectivity index (χ2n) is 5.84. The molecule has 3 nitrogen and oxygen atoms in total. The summed E-state index contributed by atoms with van der Waals surface area (Å²) in [4.78, 5) is 0. The lowest BCUT2D eigenvalue weighted by Crippen LogP contribution is -2.45. The van der Waals surface area contributed by atoms with Gasteiger partial charge in [0.15, 0.2) is 0 Å². The van der Waals surface area contributed by atoms with E-state index in [1.807, 2.05) is 0 Å². The summed E-state index contributed by atoms with van der Waals surface area (Å²) in [6.07, 6.45) is 6.37. The molecule has 1 rings (SSSR count). The van der Waals surface area contributed by atoms with Gasteiger partial charge in [0.1, 0.15) is 0 Å². The first-order valence-electron chi connectivity index (χ1n) is 7.61. The van der Waals surface area contributed by atoms with Gasteiger partial charge in [-0.05, 0) is 25.3 Å². The van der Waals surface area contributed by atoms with Gasteiger partial charge in [-0.25, -0.2) is 0 Å².